The zero-order valence-electron chi connectivity index (χ0n) is 14.6. The van der Waals surface area contributed by atoms with Gasteiger partial charge in [-0.3, -0.25) is 0 Å². The van der Waals surface area contributed by atoms with Crippen LogP contribution in [0.25, 0.3) is 0 Å². The minimum absolute atomic E-state index is 0.340. The van der Waals surface area contributed by atoms with Gasteiger partial charge in [-0.05, 0) is 0 Å². The number of methoxy groups -OCH3 is 1. The third-order valence-electron chi connectivity index (χ3n) is 4.95. The van der Waals surface area contributed by atoms with Crippen molar-refractivity contribution < 1.29 is 27.2 Å². The molecule has 3 aliphatic rings. The SMILES string of the molecule is COC(=O)C1=CCC([Si-]23(Oc4ccccc4O2)Oc2ccccc2O3)=CC1. The van der Waals surface area contributed by atoms with Crippen LogP contribution in [0, 0.1) is 0 Å². The second kappa shape index (κ2) is 5.40. The molecule has 0 amide bonds. The Labute approximate surface area is 156 Å². The average Bonchev–Trinajstić information content (AvgIpc) is 3.22. The van der Waals surface area contributed by atoms with Crippen molar-refractivity contribution in [2.75, 3.05) is 7.11 Å². The Bertz CT molecular complexity index is 912. The van der Waals surface area contributed by atoms with Gasteiger partial charge >= 0.3 is 156 Å². The molecule has 2 heterocycles. The van der Waals surface area contributed by atoms with Gasteiger partial charge in [0.25, 0.3) is 0 Å². The molecule has 0 radical (unpaired) electrons. The van der Waals surface area contributed by atoms with Gasteiger partial charge in [-0.2, -0.15) is 0 Å². The second-order valence-electron chi connectivity index (χ2n) is 6.57. The molecule has 1 spiro atoms. The van der Waals surface area contributed by atoms with Gasteiger partial charge < -0.3 is 0 Å². The first kappa shape index (κ1) is 16.0. The van der Waals surface area contributed by atoms with Crippen LogP contribution in [0.4, 0.5) is 0 Å². The van der Waals surface area contributed by atoms with E-state index in [1.165, 1.54) is 7.11 Å². The maximum atomic E-state index is 11.8. The van der Waals surface area contributed by atoms with Crippen LogP contribution < -0.4 is 17.7 Å². The fourth-order valence-electron chi connectivity index (χ4n) is 3.65. The van der Waals surface area contributed by atoms with Crippen LogP contribution in [-0.4, -0.2) is 21.4 Å². The van der Waals surface area contributed by atoms with E-state index >= 15 is 0 Å². The van der Waals surface area contributed by atoms with E-state index in [2.05, 4.69) is 0 Å². The van der Waals surface area contributed by atoms with Gasteiger partial charge in [-0.1, -0.05) is 0 Å². The van der Waals surface area contributed by atoms with Crippen molar-refractivity contribution in [2.24, 2.45) is 0 Å². The monoisotopic (exact) mass is 381 g/mol. The molecule has 2 aliphatic heterocycles. The first-order valence-electron chi connectivity index (χ1n) is 8.71. The summed E-state index contributed by atoms with van der Waals surface area (Å²) >= 11 is 0. The number of rotatable bonds is 2. The average molecular weight is 381 g/mol. The van der Waals surface area contributed by atoms with Crippen LogP contribution in [0.3, 0.4) is 0 Å². The van der Waals surface area contributed by atoms with Crippen LogP contribution >= 0.6 is 0 Å². The molecule has 0 saturated heterocycles. The molecular weight excluding hydrogens is 364 g/mol. The molecule has 0 aromatic heterocycles. The number of allylic oxidation sites excluding steroid dienone is 3. The maximum absolute atomic E-state index is 11.8. The predicted molar refractivity (Wildman–Crippen MR) is 98.6 cm³/mol. The third-order valence-corrected chi connectivity index (χ3v) is 8.70. The summed E-state index contributed by atoms with van der Waals surface area (Å²) in [7, 11) is -3.08. The molecule has 7 heteroatoms. The Kier molecular flexibility index (Phi) is 3.20. The Hall–Kier alpha value is -3.19. The molecule has 0 bridgehead atoms. The molecule has 0 atom stereocenters. The summed E-state index contributed by atoms with van der Waals surface area (Å²) < 4.78 is 30.3. The molecule has 0 unspecified atom stereocenters. The number of hydrogen-bond donors (Lipinski definition) is 0. The molecule has 5 rings (SSSR count). The Balaban J connectivity index is 1.59. The zero-order chi connectivity index (χ0) is 18.5. The summed E-state index contributed by atoms with van der Waals surface area (Å²) in [6.07, 6.45) is 4.54. The molecule has 2 aromatic rings. The van der Waals surface area contributed by atoms with Crippen molar-refractivity contribution >= 4 is 14.3 Å². The van der Waals surface area contributed by atoms with E-state index < -0.39 is 8.33 Å². The molecular formula is C20H17O6Si-. The summed E-state index contributed by atoms with van der Waals surface area (Å²) in [6.45, 7) is 0. The summed E-state index contributed by atoms with van der Waals surface area (Å²) in [4.78, 5) is 11.8. The van der Waals surface area contributed by atoms with Gasteiger partial charge in [0.2, 0.25) is 0 Å². The Morgan fingerprint density at radius 3 is 1.67 bits per heavy atom. The van der Waals surface area contributed by atoms with Crippen molar-refractivity contribution in [2.45, 2.75) is 12.8 Å². The van der Waals surface area contributed by atoms with Crippen LogP contribution in [0.1, 0.15) is 12.8 Å². The normalized spacial score (nSPS) is 21.6. The van der Waals surface area contributed by atoms with E-state index in [4.69, 9.17) is 22.4 Å². The first-order valence-corrected chi connectivity index (χ1v) is 10.8. The van der Waals surface area contributed by atoms with E-state index in [0.29, 0.717) is 41.4 Å². The van der Waals surface area contributed by atoms with E-state index in [1.807, 2.05) is 60.7 Å². The van der Waals surface area contributed by atoms with Gasteiger partial charge in [0, 0.05) is 0 Å². The van der Waals surface area contributed by atoms with Crippen LogP contribution in [-0.2, 0) is 9.53 Å². The van der Waals surface area contributed by atoms with Gasteiger partial charge in [0.15, 0.2) is 0 Å². The van der Waals surface area contributed by atoms with Crippen LogP contribution in [0.2, 0.25) is 0 Å². The molecule has 0 saturated carbocycles. The van der Waals surface area contributed by atoms with E-state index in [9.17, 15) is 4.79 Å². The molecule has 1 aliphatic carbocycles. The molecule has 27 heavy (non-hydrogen) atoms. The second-order valence-corrected chi connectivity index (χ2v) is 9.84. The molecule has 2 aromatic carbocycles. The number of esters is 1. The third kappa shape index (κ3) is 2.21. The summed E-state index contributed by atoms with van der Waals surface area (Å²) in [5.74, 6) is 2.00. The van der Waals surface area contributed by atoms with Crippen molar-refractivity contribution in [1.82, 2.24) is 0 Å². The van der Waals surface area contributed by atoms with Crippen molar-refractivity contribution in [3.8, 4) is 23.0 Å². The molecule has 0 fully saturated rings. The summed E-state index contributed by atoms with van der Waals surface area (Å²) in [6, 6.07) is 14.8. The molecule has 0 N–H and O–H groups in total. The number of ether oxygens (including phenoxy) is 1. The van der Waals surface area contributed by atoms with Gasteiger partial charge in [0.1, 0.15) is 0 Å². The summed E-state index contributed by atoms with van der Waals surface area (Å²) in [5.41, 5.74) is 0.593. The molecule has 138 valence electrons. The van der Waals surface area contributed by atoms with Crippen molar-refractivity contribution in [3.63, 3.8) is 0 Å². The fraction of sp³-hybridized carbons (Fsp3) is 0.150. The fourth-order valence-corrected chi connectivity index (χ4v) is 7.48. The Morgan fingerprint density at radius 2 is 1.30 bits per heavy atom. The van der Waals surface area contributed by atoms with Crippen molar-refractivity contribution in [1.29, 1.82) is 0 Å². The van der Waals surface area contributed by atoms with Gasteiger partial charge in [-0.15, -0.1) is 0 Å². The number of hydrogen-bond acceptors (Lipinski definition) is 6. The topological polar surface area (TPSA) is 63.2 Å². The zero-order valence-corrected chi connectivity index (χ0v) is 15.6. The number of carbonyl (C=O) groups excluding carboxylic acids is 1. The van der Waals surface area contributed by atoms with Crippen LogP contribution in [0.15, 0.2) is 71.5 Å². The predicted octanol–water partition coefficient (Wildman–Crippen LogP) is 3.68. The Morgan fingerprint density at radius 1 is 0.815 bits per heavy atom. The standard InChI is InChI=1S/C20H17O6Si/c1-22-20(21)14-10-12-15(13-11-14)27(23-16-6-2-3-7-17(16)24-27)25-18-8-4-5-9-19(18)26-27/h2-10,13H,11-12H2,1H3/q-1. The van der Waals surface area contributed by atoms with E-state index in [0.717, 1.165) is 5.20 Å². The van der Waals surface area contributed by atoms with Gasteiger partial charge in [0.05, 0.1) is 0 Å². The van der Waals surface area contributed by atoms with Crippen molar-refractivity contribution in [3.05, 3.63) is 71.5 Å². The number of fused-ring (bicyclic) bond motifs is 2. The quantitative estimate of drug-likeness (QED) is 0.584. The minimum atomic E-state index is -4.46. The first-order chi connectivity index (χ1) is 13.1. The number of para-hydroxylation sites is 4. The summed E-state index contributed by atoms with van der Waals surface area (Å²) in [5, 5.41) is 0.773. The molecule has 6 nitrogen and oxygen atoms in total. The number of carbonyl (C=O) groups is 1. The van der Waals surface area contributed by atoms with E-state index in [-0.39, 0.29) is 5.97 Å². The van der Waals surface area contributed by atoms with Gasteiger partial charge in [-0.25, -0.2) is 0 Å². The number of benzene rings is 2. The van der Waals surface area contributed by atoms with E-state index in [1.54, 1.807) is 0 Å². The van der Waals surface area contributed by atoms with Crippen LogP contribution in [0.5, 0.6) is 23.0 Å².